The van der Waals surface area contributed by atoms with Gasteiger partial charge in [-0.15, -0.1) is 0 Å². The third kappa shape index (κ3) is 4.28. The van der Waals surface area contributed by atoms with Crippen molar-refractivity contribution < 1.29 is 4.74 Å². The average Bonchev–Trinajstić information content (AvgIpc) is 3.06. The molecule has 0 fully saturated rings. The van der Waals surface area contributed by atoms with Gasteiger partial charge in [-0.05, 0) is 23.8 Å². The van der Waals surface area contributed by atoms with E-state index in [-0.39, 0.29) is 6.10 Å². The number of aromatic nitrogens is 3. The Labute approximate surface area is 154 Å². The van der Waals surface area contributed by atoms with Crippen LogP contribution in [0.1, 0.15) is 17.2 Å². The number of ether oxygens (including phenoxy) is 1. The van der Waals surface area contributed by atoms with E-state index in [0.717, 1.165) is 11.1 Å². The number of hydrogen-bond donors (Lipinski definition) is 0. The van der Waals surface area contributed by atoms with E-state index in [1.165, 1.54) is 6.33 Å². The zero-order valence-electron chi connectivity index (χ0n) is 12.6. The molecule has 0 saturated heterocycles. The molecule has 2 aromatic carbocycles. The van der Waals surface area contributed by atoms with Crippen LogP contribution in [0, 0.1) is 0 Å². The van der Waals surface area contributed by atoms with Crippen molar-refractivity contribution in [2.75, 3.05) is 0 Å². The van der Waals surface area contributed by atoms with Gasteiger partial charge in [-0.25, -0.2) is 4.98 Å². The molecule has 1 heterocycles. The van der Waals surface area contributed by atoms with Gasteiger partial charge in [0.2, 0.25) is 0 Å². The normalized spacial score (nSPS) is 12.3. The fraction of sp³-hybridized carbons (Fsp3) is 0.176. The second-order valence-corrected chi connectivity index (χ2v) is 6.43. The molecule has 3 rings (SSSR count). The Bertz CT molecular complexity index is 809. The lowest BCUT2D eigenvalue weighted by Gasteiger charge is -2.20. The van der Waals surface area contributed by atoms with Crippen LogP contribution in [0.3, 0.4) is 0 Å². The molecule has 0 unspecified atom stereocenters. The molecule has 0 aliphatic heterocycles. The van der Waals surface area contributed by atoms with Crippen LogP contribution in [-0.2, 0) is 17.9 Å². The lowest BCUT2D eigenvalue weighted by molar-refractivity contribution is 0.0257. The number of nitrogens with zero attached hydrogens (tertiary/aromatic N) is 3. The predicted octanol–water partition coefficient (Wildman–Crippen LogP) is 5.20. The summed E-state index contributed by atoms with van der Waals surface area (Å²) in [5, 5.41) is 5.92. The second-order valence-electron chi connectivity index (χ2n) is 5.17. The summed E-state index contributed by atoms with van der Waals surface area (Å²) in [5.41, 5.74) is 1.75. The molecule has 0 amide bonds. The second kappa shape index (κ2) is 7.99. The standard InChI is InChI=1S/C17H14Cl3N3O/c18-13-5-6-14(16(20)7-13)17(8-23-11-21-10-22-23)24-9-12-3-1-2-4-15(12)19/h1-7,10-11,17H,8-9H2/t17-/m1/s1. The fourth-order valence-electron chi connectivity index (χ4n) is 2.31. The van der Waals surface area contributed by atoms with Crippen LogP contribution in [0.4, 0.5) is 0 Å². The topological polar surface area (TPSA) is 39.9 Å². The van der Waals surface area contributed by atoms with Crippen molar-refractivity contribution in [3.63, 3.8) is 0 Å². The Hall–Kier alpha value is -1.59. The van der Waals surface area contributed by atoms with Crippen LogP contribution in [0.5, 0.6) is 0 Å². The van der Waals surface area contributed by atoms with Crippen molar-refractivity contribution in [3.05, 3.63) is 81.3 Å². The maximum absolute atomic E-state index is 6.34. The zero-order chi connectivity index (χ0) is 16.9. The molecule has 4 nitrogen and oxygen atoms in total. The highest BCUT2D eigenvalue weighted by Crippen LogP contribution is 2.30. The summed E-state index contributed by atoms with van der Waals surface area (Å²) >= 11 is 18.5. The first kappa shape index (κ1) is 17.2. The molecular formula is C17H14Cl3N3O. The third-order valence-corrected chi connectivity index (χ3v) is 4.46. The molecule has 124 valence electrons. The van der Waals surface area contributed by atoms with Crippen LogP contribution in [0.2, 0.25) is 15.1 Å². The van der Waals surface area contributed by atoms with Crippen LogP contribution in [0.15, 0.2) is 55.1 Å². The van der Waals surface area contributed by atoms with E-state index in [2.05, 4.69) is 10.1 Å². The van der Waals surface area contributed by atoms with E-state index < -0.39 is 0 Å². The van der Waals surface area contributed by atoms with Crippen molar-refractivity contribution in [1.29, 1.82) is 0 Å². The van der Waals surface area contributed by atoms with E-state index in [0.29, 0.717) is 28.2 Å². The monoisotopic (exact) mass is 381 g/mol. The van der Waals surface area contributed by atoms with Gasteiger partial charge in [0, 0.05) is 20.6 Å². The van der Waals surface area contributed by atoms with Gasteiger partial charge < -0.3 is 4.74 Å². The van der Waals surface area contributed by atoms with Crippen molar-refractivity contribution in [2.24, 2.45) is 0 Å². The van der Waals surface area contributed by atoms with Crippen LogP contribution in [-0.4, -0.2) is 14.8 Å². The van der Waals surface area contributed by atoms with E-state index >= 15 is 0 Å². The van der Waals surface area contributed by atoms with E-state index in [1.54, 1.807) is 23.1 Å². The molecule has 0 N–H and O–H groups in total. The maximum Gasteiger partial charge on any atom is 0.137 e. The molecular weight excluding hydrogens is 369 g/mol. The molecule has 0 spiro atoms. The summed E-state index contributed by atoms with van der Waals surface area (Å²) in [4.78, 5) is 3.96. The van der Waals surface area contributed by atoms with Crippen LogP contribution < -0.4 is 0 Å². The van der Waals surface area contributed by atoms with E-state index in [4.69, 9.17) is 39.5 Å². The highest BCUT2D eigenvalue weighted by Gasteiger charge is 2.18. The fourth-order valence-corrected chi connectivity index (χ4v) is 3.03. The minimum atomic E-state index is -0.312. The van der Waals surface area contributed by atoms with Crippen LogP contribution >= 0.6 is 34.8 Å². The summed E-state index contributed by atoms with van der Waals surface area (Å²) in [5.74, 6) is 0. The van der Waals surface area contributed by atoms with Gasteiger partial charge in [0.05, 0.1) is 13.2 Å². The molecule has 0 saturated carbocycles. The van der Waals surface area contributed by atoms with Gasteiger partial charge in [-0.1, -0.05) is 59.1 Å². The summed E-state index contributed by atoms with van der Waals surface area (Å²) in [7, 11) is 0. The Morgan fingerprint density at radius 2 is 1.88 bits per heavy atom. The quantitative estimate of drug-likeness (QED) is 0.588. The molecule has 0 aliphatic carbocycles. The minimum absolute atomic E-state index is 0.312. The smallest absolute Gasteiger partial charge is 0.137 e. The molecule has 3 aromatic rings. The highest BCUT2D eigenvalue weighted by atomic mass is 35.5. The van der Waals surface area contributed by atoms with Gasteiger partial charge in [-0.3, -0.25) is 4.68 Å². The first-order chi connectivity index (χ1) is 11.6. The summed E-state index contributed by atoms with van der Waals surface area (Å²) in [6.07, 6.45) is 2.80. The van der Waals surface area contributed by atoms with E-state index in [1.807, 2.05) is 30.3 Å². The molecule has 7 heteroatoms. The Balaban J connectivity index is 1.83. The van der Waals surface area contributed by atoms with Crippen molar-refractivity contribution in [2.45, 2.75) is 19.3 Å². The maximum atomic E-state index is 6.34. The summed E-state index contributed by atoms with van der Waals surface area (Å²) in [6, 6.07) is 12.9. The largest absolute Gasteiger partial charge is 0.367 e. The van der Waals surface area contributed by atoms with Crippen molar-refractivity contribution in [1.82, 2.24) is 14.8 Å². The van der Waals surface area contributed by atoms with Gasteiger partial charge in [0.15, 0.2) is 0 Å². The summed E-state index contributed by atoms with van der Waals surface area (Å²) in [6.45, 7) is 0.837. The lowest BCUT2D eigenvalue weighted by Crippen LogP contribution is -2.14. The molecule has 0 aliphatic rings. The molecule has 0 radical (unpaired) electrons. The van der Waals surface area contributed by atoms with Gasteiger partial charge in [-0.2, -0.15) is 5.10 Å². The lowest BCUT2D eigenvalue weighted by atomic mass is 10.1. The SMILES string of the molecule is Clc1ccc([C@@H](Cn2cncn2)OCc2ccccc2Cl)c(Cl)c1. The number of benzene rings is 2. The summed E-state index contributed by atoms with van der Waals surface area (Å²) < 4.78 is 7.79. The van der Waals surface area contributed by atoms with Gasteiger partial charge >= 0.3 is 0 Å². The Kier molecular flexibility index (Phi) is 5.74. The third-order valence-electron chi connectivity index (χ3n) is 3.53. The average molecular weight is 383 g/mol. The number of hydrogen-bond acceptors (Lipinski definition) is 3. The molecule has 0 bridgehead atoms. The van der Waals surface area contributed by atoms with Crippen molar-refractivity contribution in [3.8, 4) is 0 Å². The minimum Gasteiger partial charge on any atom is -0.367 e. The molecule has 1 atom stereocenters. The first-order valence-corrected chi connectivity index (χ1v) is 8.39. The molecule has 24 heavy (non-hydrogen) atoms. The van der Waals surface area contributed by atoms with E-state index in [9.17, 15) is 0 Å². The van der Waals surface area contributed by atoms with Crippen LogP contribution in [0.25, 0.3) is 0 Å². The van der Waals surface area contributed by atoms with Crippen molar-refractivity contribution >= 4 is 34.8 Å². The number of rotatable bonds is 6. The molecule has 1 aromatic heterocycles. The predicted molar refractivity (Wildman–Crippen MR) is 95.5 cm³/mol. The first-order valence-electron chi connectivity index (χ1n) is 7.26. The van der Waals surface area contributed by atoms with Gasteiger partial charge in [0.1, 0.15) is 18.8 Å². The van der Waals surface area contributed by atoms with Gasteiger partial charge in [0.25, 0.3) is 0 Å². The Morgan fingerprint density at radius 1 is 1.04 bits per heavy atom. The zero-order valence-corrected chi connectivity index (χ0v) is 14.8. The highest BCUT2D eigenvalue weighted by molar-refractivity contribution is 6.35. The number of halogens is 3. The Morgan fingerprint density at radius 3 is 2.58 bits per heavy atom.